The van der Waals surface area contributed by atoms with Crippen LogP contribution in [0.1, 0.15) is 42.5 Å². The minimum Gasteiger partial charge on any atom is -0.355 e. The number of halogens is 1. The van der Waals surface area contributed by atoms with Crippen molar-refractivity contribution in [2.24, 2.45) is 0 Å². The predicted octanol–water partition coefficient (Wildman–Crippen LogP) is 5.13. The number of nitrogens with zero attached hydrogens (tertiary/aromatic N) is 1. The number of aryl methyl sites for hydroxylation is 2. The molecule has 0 unspecified atom stereocenters. The fourth-order valence-electron chi connectivity index (χ4n) is 3.49. The predicted molar refractivity (Wildman–Crippen MR) is 127 cm³/mol. The van der Waals surface area contributed by atoms with E-state index in [1.54, 1.807) is 28.8 Å². The van der Waals surface area contributed by atoms with Crippen LogP contribution in [0, 0.1) is 13.8 Å². The van der Waals surface area contributed by atoms with Gasteiger partial charge in [-0.3, -0.25) is 9.59 Å². The third-order valence-corrected chi connectivity index (χ3v) is 6.02. The smallest absolute Gasteiger partial charge is 0.242 e. The normalized spacial score (nSPS) is 11.8. The zero-order valence-corrected chi connectivity index (χ0v) is 19.8. The first-order chi connectivity index (χ1) is 14.3. The van der Waals surface area contributed by atoms with Crippen LogP contribution in [0.5, 0.6) is 0 Å². The average Bonchev–Trinajstić information content (AvgIpc) is 2.68. The molecule has 30 heavy (non-hydrogen) atoms. The van der Waals surface area contributed by atoms with Crippen LogP contribution < -0.4 is 5.32 Å². The number of amides is 2. The SMILES string of the molecule is CCNC(=O)[C@@H](CC)N(Cc1ccc(Cl)cc1)C(=O)CSCc1cc(C)cc(C)c1. The summed E-state index contributed by atoms with van der Waals surface area (Å²) in [4.78, 5) is 27.4. The highest BCUT2D eigenvalue weighted by molar-refractivity contribution is 7.99. The van der Waals surface area contributed by atoms with Gasteiger partial charge < -0.3 is 10.2 Å². The molecule has 0 aliphatic heterocycles. The third kappa shape index (κ3) is 7.37. The van der Waals surface area contributed by atoms with E-state index in [0.29, 0.717) is 30.3 Å². The maximum atomic E-state index is 13.1. The molecule has 0 fully saturated rings. The van der Waals surface area contributed by atoms with Crippen molar-refractivity contribution in [1.82, 2.24) is 10.2 Å². The summed E-state index contributed by atoms with van der Waals surface area (Å²) in [6.07, 6.45) is 0.562. The van der Waals surface area contributed by atoms with Crippen LogP contribution >= 0.6 is 23.4 Å². The Bertz CT molecular complexity index is 835. The van der Waals surface area contributed by atoms with Gasteiger partial charge in [-0.25, -0.2) is 0 Å². The van der Waals surface area contributed by atoms with Crippen LogP contribution in [0.15, 0.2) is 42.5 Å². The molecule has 2 amide bonds. The molecule has 0 aliphatic rings. The van der Waals surface area contributed by atoms with Gasteiger partial charge in [0, 0.05) is 23.9 Å². The zero-order valence-electron chi connectivity index (χ0n) is 18.2. The van der Waals surface area contributed by atoms with Gasteiger partial charge in [-0.1, -0.05) is 60.0 Å². The van der Waals surface area contributed by atoms with Gasteiger partial charge in [0.25, 0.3) is 0 Å². The van der Waals surface area contributed by atoms with E-state index in [2.05, 4.69) is 37.4 Å². The monoisotopic (exact) mass is 446 g/mol. The molecule has 1 N–H and O–H groups in total. The average molecular weight is 447 g/mol. The summed E-state index contributed by atoms with van der Waals surface area (Å²) in [7, 11) is 0. The largest absolute Gasteiger partial charge is 0.355 e. The lowest BCUT2D eigenvalue weighted by Gasteiger charge is -2.30. The summed E-state index contributed by atoms with van der Waals surface area (Å²) >= 11 is 7.58. The summed E-state index contributed by atoms with van der Waals surface area (Å²) in [5.74, 6) is 0.955. The molecule has 1 atom stereocenters. The lowest BCUT2D eigenvalue weighted by Crippen LogP contribution is -2.49. The molecule has 0 saturated carbocycles. The lowest BCUT2D eigenvalue weighted by molar-refractivity contribution is -0.139. The van der Waals surface area contributed by atoms with E-state index < -0.39 is 6.04 Å². The Hall–Kier alpha value is -1.98. The molecule has 0 spiro atoms. The highest BCUT2D eigenvalue weighted by Crippen LogP contribution is 2.19. The number of hydrogen-bond acceptors (Lipinski definition) is 3. The van der Waals surface area contributed by atoms with Crippen LogP contribution in [-0.2, 0) is 21.9 Å². The molecule has 162 valence electrons. The molecular weight excluding hydrogens is 416 g/mol. The van der Waals surface area contributed by atoms with Crippen LogP contribution in [0.2, 0.25) is 5.02 Å². The molecule has 2 rings (SSSR count). The van der Waals surface area contributed by atoms with Crippen LogP contribution in [0.25, 0.3) is 0 Å². The van der Waals surface area contributed by atoms with Gasteiger partial charge in [0.1, 0.15) is 6.04 Å². The molecule has 0 radical (unpaired) electrons. The van der Waals surface area contributed by atoms with Crippen molar-refractivity contribution in [2.75, 3.05) is 12.3 Å². The van der Waals surface area contributed by atoms with Crippen molar-refractivity contribution in [3.05, 3.63) is 69.7 Å². The maximum absolute atomic E-state index is 13.1. The highest BCUT2D eigenvalue weighted by atomic mass is 35.5. The first kappa shape index (κ1) is 24.3. The van der Waals surface area contributed by atoms with Gasteiger partial charge in [0.05, 0.1) is 5.75 Å². The fourth-order valence-corrected chi connectivity index (χ4v) is 4.46. The van der Waals surface area contributed by atoms with Gasteiger partial charge in [-0.15, -0.1) is 11.8 Å². The van der Waals surface area contributed by atoms with E-state index in [1.807, 2.05) is 26.0 Å². The van der Waals surface area contributed by atoms with E-state index in [9.17, 15) is 9.59 Å². The first-order valence-electron chi connectivity index (χ1n) is 10.3. The number of benzene rings is 2. The topological polar surface area (TPSA) is 49.4 Å². The number of hydrogen-bond donors (Lipinski definition) is 1. The van der Waals surface area contributed by atoms with E-state index in [-0.39, 0.29) is 11.8 Å². The number of nitrogens with one attached hydrogen (secondary N) is 1. The van der Waals surface area contributed by atoms with Gasteiger partial charge in [0.15, 0.2) is 0 Å². The number of thioether (sulfide) groups is 1. The Labute approximate surface area is 189 Å². The molecule has 0 heterocycles. The number of carbonyl (C=O) groups excluding carboxylic acids is 2. The molecule has 0 bridgehead atoms. The molecule has 4 nitrogen and oxygen atoms in total. The number of carbonyl (C=O) groups is 2. The third-order valence-electron chi connectivity index (χ3n) is 4.78. The fraction of sp³-hybridized carbons (Fsp3) is 0.417. The van der Waals surface area contributed by atoms with Gasteiger partial charge in [-0.2, -0.15) is 0 Å². The molecular formula is C24H31ClN2O2S. The van der Waals surface area contributed by atoms with Gasteiger partial charge in [0.2, 0.25) is 11.8 Å². The van der Waals surface area contributed by atoms with E-state index >= 15 is 0 Å². The van der Waals surface area contributed by atoms with Crippen molar-refractivity contribution in [1.29, 1.82) is 0 Å². The Morgan fingerprint density at radius 3 is 2.23 bits per heavy atom. The molecule has 0 saturated heterocycles. The number of likely N-dealkylation sites (N-methyl/N-ethyl adjacent to an activating group) is 1. The van der Waals surface area contributed by atoms with Crippen molar-refractivity contribution in [3.63, 3.8) is 0 Å². The van der Waals surface area contributed by atoms with Crippen molar-refractivity contribution in [2.45, 2.75) is 52.5 Å². The van der Waals surface area contributed by atoms with E-state index in [1.165, 1.54) is 16.7 Å². The van der Waals surface area contributed by atoms with Crippen molar-refractivity contribution in [3.8, 4) is 0 Å². The molecule has 6 heteroatoms. The lowest BCUT2D eigenvalue weighted by atomic mass is 10.1. The Morgan fingerprint density at radius 1 is 1.03 bits per heavy atom. The summed E-state index contributed by atoms with van der Waals surface area (Å²) in [6, 6.07) is 13.4. The Balaban J connectivity index is 2.11. The Morgan fingerprint density at radius 2 is 1.67 bits per heavy atom. The molecule has 0 aliphatic carbocycles. The summed E-state index contributed by atoms with van der Waals surface area (Å²) in [5.41, 5.74) is 4.62. The second-order valence-electron chi connectivity index (χ2n) is 7.46. The van der Waals surface area contributed by atoms with Gasteiger partial charge in [-0.05, 0) is 50.5 Å². The number of rotatable bonds is 10. The summed E-state index contributed by atoms with van der Waals surface area (Å²) < 4.78 is 0. The standard InChI is InChI=1S/C24H31ClN2O2S/c1-5-22(24(29)26-6-2)27(14-19-7-9-21(25)10-8-19)23(28)16-30-15-20-12-17(3)11-18(4)13-20/h7-13,22H,5-6,14-16H2,1-4H3,(H,26,29)/t22-/m1/s1. The maximum Gasteiger partial charge on any atom is 0.242 e. The second kappa shape index (κ2) is 12.0. The molecule has 2 aromatic carbocycles. The van der Waals surface area contributed by atoms with Crippen molar-refractivity contribution >= 4 is 35.2 Å². The summed E-state index contributed by atoms with van der Waals surface area (Å²) in [6.45, 7) is 8.91. The quantitative estimate of drug-likeness (QED) is 0.550. The van der Waals surface area contributed by atoms with E-state index in [4.69, 9.17) is 11.6 Å². The molecule has 0 aromatic heterocycles. The zero-order chi connectivity index (χ0) is 22.1. The Kier molecular flexibility index (Phi) is 9.73. The van der Waals surface area contributed by atoms with Crippen LogP contribution in [0.3, 0.4) is 0 Å². The van der Waals surface area contributed by atoms with Crippen LogP contribution in [-0.4, -0.2) is 35.1 Å². The minimum atomic E-state index is -0.491. The first-order valence-corrected chi connectivity index (χ1v) is 11.8. The summed E-state index contributed by atoms with van der Waals surface area (Å²) in [5, 5.41) is 3.51. The van der Waals surface area contributed by atoms with E-state index in [0.717, 1.165) is 11.3 Å². The highest BCUT2D eigenvalue weighted by Gasteiger charge is 2.28. The minimum absolute atomic E-state index is 0.0302. The second-order valence-corrected chi connectivity index (χ2v) is 8.88. The van der Waals surface area contributed by atoms with Gasteiger partial charge >= 0.3 is 0 Å². The van der Waals surface area contributed by atoms with Crippen molar-refractivity contribution < 1.29 is 9.59 Å². The molecule has 2 aromatic rings. The van der Waals surface area contributed by atoms with Crippen LogP contribution in [0.4, 0.5) is 0 Å².